The molecule has 31 heavy (non-hydrogen) atoms. The predicted octanol–water partition coefficient (Wildman–Crippen LogP) is 0.458. The average Bonchev–Trinajstić information content (AvgIpc) is 3.27. The average molecular weight is 472 g/mol. The molecule has 2 N–H and O–H groups in total. The Morgan fingerprint density at radius 3 is 2.55 bits per heavy atom. The summed E-state index contributed by atoms with van der Waals surface area (Å²) in [6.45, 7) is 2.84. The van der Waals surface area contributed by atoms with Crippen LogP contribution in [0.1, 0.15) is 21.7 Å². The Morgan fingerprint density at radius 2 is 1.87 bits per heavy atom. The van der Waals surface area contributed by atoms with Gasteiger partial charge in [-0.25, -0.2) is 21.6 Å². The highest BCUT2D eigenvalue weighted by atomic mass is 32.2. The Morgan fingerprint density at radius 1 is 1.13 bits per heavy atom. The van der Waals surface area contributed by atoms with E-state index in [9.17, 15) is 21.6 Å². The van der Waals surface area contributed by atoms with Crippen molar-refractivity contribution in [3.8, 4) is 0 Å². The molecule has 1 aliphatic rings. The number of nitrogens with zero attached hydrogens (tertiary/aromatic N) is 1. The first-order chi connectivity index (χ1) is 14.7. The molecule has 0 bridgehead atoms. The van der Waals surface area contributed by atoms with Gasteiger partial charge in [0.25, 0.3) is 5.91 Å². The van der Waals surface area contributed by atoms with Crippen LogP contribution in [0.3, 0.4) is 0 Å². The van der Waals surface area contributed by atoms with E-state index < -0.39 is 26.0 Å². The van der Waals surface area contributed by atoms with Crippen LogP contribution in [0.15, 0.2) is 45.9 Å². The quantitative estimate of drug-likeness (QED) is 0.542. The third kappa shape index (κ3) is 6.14. The first-order valence-corrected chi connectivity index (χ1v) is 12.7. The number of carbonyl (C=O) groups is 1. The number of furan rings is 1. The minimum Gasteiger partial charge on any atom is -0.468 e. The molecule has 12 heteroatoms. The van der Waals surface area contributed by atoms with Crippen LogP contribution in [0, 0.1) is 6.92 Å². The highest BCUT2D eigenvalue weighted by molar-refractivity contribution is 7.89. The highest BCUT2D eigenvalue weighted by Crippen LogP contribution is 2.16. The Bertz CT molecular complexity index is 1110. The normalized spacial score (nSPS) is 15.6. The van der Waals surface area contributed by atoms with Crippen molar-refractivity contribution >= 4 is 26.0 Å². The molecular weight excluding hydrogens is 446 g/mol. The zero-order chi connectivity index (χ0) is 22.5. The van der Waals surface area contributed by atoms with E-state index in [1.165, 1.54) is 28.8 Å². The number of carbonyl (C=O) groups excluding carboxylic acids is 1. The lowest BCUT2D eigenvalue weighted by atomic mass is 10.1. The third-order valence-corrected chi connectivity index (χ3v) is 8.06. The third-order valence-electron chi connectivity index (χ3n) is 4.79. The summed E-state index contributed by atoms with van der Waals surface area (Å²) < 4.78 is 63.8. The second-order valence-corrected chi connectivity index (χ2v) is 10.8. The molecule has 1 aromatic carbocycles. The molecule has 0 atom stereocenters. The number of hydrogen-bond donors (Lipinski definition) is 2. The van der Waals surface area contributed by atoms with Gasteiger partial charge in [-0.05, 0) is 36.8 Å². The number of sulfonamides is 2. The van der Waals surface area contributed by atoms with Crippen LogP contribution in [0.5, 0.6) is 0 Å². The number of hydrogen-bond acceptors (Lipinski definition) is 7. The predicted molar refractivity (Wildman–Crippen MR) is 112 cm³/mol. The largest absolute Gasteiger partial charge is 0.468 e. The second-order valence-electron chi connectivity index (χ2n) is 6.96. The maximum atomic E-state index is 12.6. The summed E-state index contributed by atoms with van der Waals surface area (Å²) in [5, 5.41) is 2.56. The van der Waals surface area contributed by atoms with E-state index in [1.807, 2.05) is 0 Å². The molecule has 0 spiro atoms. The van der Waals surface area contributed by atoms with E-state index in [0.717, 1.165) is 0 Å². The van der Waals surface area contributed by atoms with Gasteiger partial charge in [0.15, 0.2) is 0 Å². The van der Waals surface area contributed by atoms with Gasteiger partial charge >= 0.3 is 0 Å². The number of aryl methyl sites for hydroxylation is 1. The van der Waals surface area contributed by atoms with Gasteiger partial charge in [-0.2, -0.15) is 4.31 Å². The fourth-order valence-electron chi connectivity index (χ4n) is 3.02. The van der Waals surface area contributed by atoms with Crippen LogP contribution in [-0.4, -0.2) is 65.6 Å². The van der Waals surface area contributed by atoms with E-state index in [0.29, 0.717) is 37.6 Å². The van der Waals surface area contributed by atoms with Crippen molar-refractivity contribution in [3.05, 3.63) is 53.5 Å². The molecule has 0 saturated carbocycles. The topological polar surface area (TPSA) is 135 Å². The summed E-state index contributed by atoms with van der Waals surface area (Å²) in [6, 6.07) is 7.49. The number of rotatable bonds is 9. The monoisotopic (exact) mass is 471 g/mol. The Hall–Kier alpha value is -2.25. The fraction of sp³-hybridized carbons (Fsp3) is 0.421. The summed E-state index contributed by atoms with van der Waals surface area (Å²) in [4.78, 5) is 12.5. The smallest absolute Gasteiger partial charge is 0.251 e. The molecule has 1 aliphatic heterocycles. The molecule has 10 nitrogen and oxygen atoms in total. The van der Waals surface area contributed by atoms with Crippen molar-refractivity contribution in [3.63, 3.8) is 0 Å². The molecule has 1 amide bonds. The van der Waals surface area contributed by atoms with E-state index in [4.69, 9.17) is 9.15 Å². The summed E-state index contributed by atoms with van der Waals surface area (Å²) in [5.41, 5.74) is 0.725. The number of nitrogens with one attached hydrogen (secondary N) is 2. The van der Waals surface area contributed by atoms with Crippen molar-refractivity contribution in [2.45, 2.75) is 18.4 Å². The fourth-order valence-corrected chi connectivity index (χ4v) is 5.36. The maximum absolute atomic E-state index is 12.6. The number of amides is 1. The summed E-state index contributed by atoms with van der Waals surface area (Å²) in [5.74, 6) is -0.339. The minimum absolute atomic E-state index is 0.0237. The number of benzene rings is 1. The molecule has 3 rings (SSSR count). The SMILES string of the molecule is Cc1ccc(S(=O)(=O)NCc2ccco2)cc1C(=O)NCCS(=O)(=O)N1CCOCC1. The van der Waals surface area contributed by atoms with Crippen LogP contribution in [0.4, 0.5) is 0 Å². The van der Waals surface area contributed by atoms with Crippen LogP contribution >= 0.6 is 0 Å². The summed E-state index contributed by atoms with van der Waals surface area (Å²) >= 11 is 0. The molecule has 1 aromatic heterocycles. The molecule has 170 valence electrons. The maximum Gasteiger partial charge on any atom is 0.251 e. The minimum atomic E-state index is -3.87. The molecular formula is C19H25N3O7S2. The van der Waals surface area contributed by atoms with Crippen LogP contribution in [-0.2, 0) is 31.3 Å². The molecule has 0 radical (unpaired) electrons. The zero-order valence-corrected chi connectivity index (χ0v) is 18.7. The number of ether oxygens (including phenoxy) is 1. The van der Waals surface area contributed by atoms with Gasteiger partial charge in [0.2, 0.25) is 20.0 Å². The van der Waals surface area contributed by atoms with Crippen LogP contribution in [0.2, 0.25) is 0 Å². The van der Waals surface area contributed by atoms with E-state index in [-0.39, 0.29) is 29.3 Å². The van der Waals surface area contributed by atoms with Gasteiger partial charge < -0.3 is 14.5 Å². The first kappa shape index (κ1) is 23.4. The standard InChI is InChI=1S/C19H25N3O7S2/c1-15-4-5-17(31(26,27)21-14-16-3-2-9-29-16)13-18(15)19(23)20-6-12-30(24,25)22-7-10-28-11-8-22/h2-5,9,13,21H,6-8,10-12,14H2,1H3,(H,20,23). The molecule has 1 saturated heterocycles. The zero-order valence-electron chi connectivity index (χ0n) is 17.0. The molecule has 0 aliphatic carbocycles. The van der Waals surface area contributed by atoms with Crippen molar-refractivity contribution < 1.29 is 30.8 Å². The lowest BCUT2D eigenvalue weighted by Gasteiger charge is -2.26. The van der Waals surface area contributed by atoms with Gasteiger partial charge in [0.1, 0.15) is 5.76 Å². The van der Waals surface area contributed by atoms with Gasteiger partial charge in [0, 0.05) is 25.2 Å². The second kappa shape index (κ2) is 9.92. The molecule has 0 unspecified atom stereocenters. The van der Waals surface area contributed by atoms with Gasteiger partial charge in [0.05, 0.1) is 36.7 Å². The summed E-state index contributed by atoms with van der Waals surface area (Å²) in [7, 11) is -7.38. The van der Waals surface area contributed by atoms with E-state index in [2.05, 4.69) is 10.0 Å². The lowest BCUT2D eigenvalue weighted by Crippen LogP contribution is -2.43. The van der Waals surface area contributed by atoms with Crippen LogP contribution in [0.25, 0.3) is 0 Å². The molecule has 2 aromatic rings. The van der Waals surface area contributed by atoms with Gasteiger partial charge in [-0.1, -0.05) is 6.07 Å². The Balaban J connectivity index is 1.63. The highest BCUT2D eigenvalue weighted by Gasteiger charge is 2.24. The van der Waals surface area contributed by atoms with Crippen molar-refractivity contribution in [1.29, 1.82) is 0 Å². The van der Waals surface area contributed by atoms with E-state index >= 15 is 0 Å². The first-order valence-electron chi connectivity index (χ1n) is 9.65. The lowest BCUT2D eigenvalue weighted by molar-refractivity contribution is 0.0730. The number of morpholine rings is 1. The Kier molecular flexibility index (Phi) is 7.49. The van der Waals surface area contributed by atoms with E-state index in [1.54, 1.807) is 19.1 Å². The Labute approximate surface area is 181 Å². The van der Waals surface area contributed by atoms with Crippen LogP contribution < -0.4 is 10.0 Å². The summed E-state index contributed by atoms with van der Waals surface area (Å²) in [6.07, 6.45) is 1.44. The van der Waals surface area contributed by atoms with Crippen molar-refractivity contribution in [2.75, 3.05) is 38.6 Å². The van der Waals surface area contributed by atoms with Crippen molar-refractivity contribution in [2.24, 2.45) is 0 Å². The molecule has 1 fully saturated rings. The molecule has 2 heterocycles. The van der Waals surface area contributed by atoms with Gasteiger partial charge in [-0.15, -0.1) is 0 Å². The van der Waals surface area contributed by atoms with Gasteiger partial charge in [-0.3, -0.25) is 4.79 Å². The van der Waals surface area contributed by atoms with Crippen molar-refractivity contribution in [1.82, 2.24) is 14.3 Å².